The summed E-state index contributed by atoms with van der Waals surface area (Å²) in [7, 11) is 1.84. The molecule has 2 heterocycles. The van der Waals surface area contributed by atoms with E-state index in [-0.39, 0.29) is 33.6 Å². The number of pyridine rings is 1. The maximum absolute atomic E-state index is 14.0. The van der Waals surface area contributed by atoms with Gasteiger partial charge in [0.25, 0.3) is 11.5 Å². The Morgan fingerprint density at radius 2 is 1.73 bits per heavy atom. The lowest BCUT2D eigenvalue weighted by Gasteiger charge is -2.21. The molecule has 1 aliphatic rings. The molecule has 7 nitrogen and oxygen atoms in total. The Bertz CT molecular complexity index is 1540. The summed E-state index contributed by atoms with van der Waals surface area (Å²) in [5, 5.41) is -0.366. The molecule has 45 heavy (non-hydrogen) atoms. The lowest BCUT2D eigenvalue weighted by molar-refractivity contribution is -0.107. The zero-order valence-corrected chi connectivity index (χ0v) is 28.7. The zero-order valence-electron chi connectivity index (χ0n) is 25.6. The minimum Gasteiger partial charge on any atom is -0.330 e. The number of aromatic amines is 1. The SMILES string of the molecule is CCCC.CCc1cc2c(cc1N(C=O)CCCNC)CN(C(=O)c1c(Sc3c(Cl)cccc3Cl)cc(C(F)(F)Cl)[nH]c1=O)C2. The molecular formula is C32H37Cl3F2N4O3S. The average molecular weight is 702 g/mol. The molecule has 0 spiro atoms. The van der Waals surface area contributed by atoms with E-state index in [9.17, 15) is 23.2 Å². The second kappa shape index (κ2) is 16.8. The second-order valence-electron chi connectivity index (χ2n) is 10.4. The average Bonchev–Trinajstić information content (AvgIpc) is 3.43. The first-order chi connectivity index (χ1) is 21.4. The van der Waals surface area contributed by atoms with Gasteiger partial charge in [-0.1, -0.05) is 80.7 Å². The number of carbonyl (C=O) groups excluding carboxylic acids is 2. The van der Waals surface area contributed by atoms with Crippen molar-refractivity contribution in [1.29, 1.82) is 0 Å². The topological polar surface area (TPSA) is 85.5 Å². The molecule has 0 aliphatic carbocycles. The van der Waals surface area contributed by atoms with Gasteiger partial charge in [0.05, 0.1) is 10.0 Å². The number of halogens is 5. The van der Waals surface area contributed by atoms with E-state index in [0.717, 1.165) is 59.6 Å². The third-order valence-electron chi connectivity index (χ3n) is 7.20. The number of benzene rings is 2. The van der Waals surface area contributed by atoms with Crippen molar-refractivity contribution in [3.63, 3.8) is 0 Å². The summed E-state index contributed by atoms with van der Waals surface area (Å²) in [6.07, 6.45) is 4.86. The van der Waals surface area contributed by atoms with E-state index in [4.69, 9.17) is 34.8 Å². The highest BCUT2D eigenvalue weighted by Crippen LogP contribution is 2.42. The lowest BCUT2D eigenvalue weighted by Crippen LogP contribution is -2.32. The molecule has 0 fully saturated rings. The van der Waals surface area contributed by atoms with Crippen LogP contribution in [0, 0.1) is 0 Å². The lowest BCUT2D eigenvalue weighted by atomic mass is 10.0. The van der Waals surface area contributed by atoms with Gasteiger partial charge in [-0.2, -0.15) is 8.78 Å². The molecule has 2 N–H and O–H groups in total. The van der Waals surface area contributed by atoms with Crippen LogP contribution < -0.4 is 15.8 Å². The normalized spacial score (nSPS) is 12.4. The Morgan fingerprint density at radius 1 is 1.11 bits per heavy atom. The highest BCUT2D eigenvalue weighted by Gasteiger charge is 2.34. The minimum atomic E-state index is -3.88. The molecule has 1 aromatic heterocycles. The molecule has 0 saturated carbocycles. The van der Waals surface area contributed by atoms with Crippen molar-refractivity contribution >= 4 is 64.6 Å². The van der Waals surface area contributed by atoms with Crippen LogP contribution in [-0.4, -0.2) is 42.3 Å². The maximum Gasteiger partial charge on any atom is 0.362 e. The van der Waals surface area contributed by atoms with Crippen molar-refractivity contribution in [3.8, 4) is 0 Å². The number of unbranched alkanes of at least 4 members (excludes halogenated alkanes) is 1. The van der Waals surface area contributed by atoms with E-state index >= 15 is 0 Å². The Labute approximate surface area is 281 Å². The fourth-order valence-corrected chi connectivity index (χ4v) is 6.40. The number of anilines is 1. The van der Waals surface area contributed by atoms with Gasteiger partial charge in [0.15, 0.2) is 0 Å². The maximum atomic E-state index is 14.0. The first-order valence-corrected chi connectivity index (χ1v) is 16.6. The fraction of sp³-hybridized carbons (Fsp3) is 0.406. The standard InChI is InChI=1S/C28H27Cl3F2N4O3S.C4H10/c1-3-16-10-17-13-37(14-18(17)11-21(16)36(15-38)9-5-8-34-2)27(40)24-22(12-23(28(31,32)33)35-26(24)39)41-25-19(29)6-4-7-20(25)30;1-3-4-2/h4,6-7,10-12,15,34H,3,5,8-9,13-14H2,1-2H3,(H,35,39);3-4H2,1-2H3. The highest BCUT2D eigenvalue weighted by atomic mass is 35.5. The number of amides is 2. The molecule has 0 unspecified atom stereocenters. The number of H-pyrrole nitrogens is 1. The number of hydrogen-bond acceptors (Lipinski definition) is 5. The summed E-state index contributed by atoms with van der Waals surface area (Å²) in [6.45, 7) is 7.99. The van der Waals surface area contributed by atoms with Gasteiger partial charge in [0, 0.05) is 35.1 Å². The second-order valence-corrected chi connectivity index (χ2v) is 12.8. The van der Waals surface area contributed by atoms with Crippen LogP contribution in [0.1, 0.15) is 72.8 Å². The van der Waals surface area contributed by atoms with Crippen molar-refractivity contribution < 1.29 is 18.4 Å². The third kappa shape index (κ3) is 9.23. The van der Waals surface area contributed by atoms with Gasteiger partial charge >= 0.3 is 5.38 Å². The number of fused-ring (bicyclic) bond motifs is 1. The van der Waals surface area contributed by atoms with Crippen LogP contribution in [0.15, 0.2) is 51.0 Å². The van der Waals surface area contributed by atoms with E-state index in [2.05, 4.69) is 24.1 Å². The number of nitrogens with one attached hydrogen (secondary N) is 2. The van der Waals surface area contributed by atoms with E-state index in [1.165, 1.54) is 17.7 Å². The van der Waals surface area contributed by atoms with Crippen molar-refractivity contribution in [2.75, 3.05) is 25.0 Å². The van der Waals surface area contributed by atoms with Crippen LogP contribution in [0.4, 0.5) is 14.5 Å². The molecule has 13 heteroatoms. The summed E-state index contributed by atoms with van der Waals surface area (Å²) in [4.78, 5) is 44.3. The summed E-state index contributed by atoms with van der Waals surface area (Å²) in [5.41, 5.74) is 1.22. The van der Waals surface area contributed by atoms with Gasteiger partial charge in [0.2, 0.25) is 6.41 Å². The smallest absolute Gasteiger partial charge is 0.330 e. The van der Waals surface area contributed by atoms with Crippen LogP contribution in [0.3, 0.4) is 0 Å². The van der Waals surface area contributed by atoms with Gasteiger partial charge in [-0.15, -0.1) is 0 Å². The molecule has 0 bridgehead atoms. The van der Waals surface area contributed by atoms with Crippen LogP contribution in [0.5, 0.6) is 0 Å². The van der Waals surface area contributed by atoms with Crippen LogP contribution in [0.2, 0.25) is 10.0 Å². The number of nitrogens with zero attached hydrogens (tertiary/aromatic N) is 2. The van der Waals surface area contributed by atoms with Gasteiger partial charge in [-0.3, -0.25) is 14.4 Å². The van der Waals surface area contributed by atoms with Crippen LogP contribution in [0.25, 0.3) is 0 Å². The summed E-state index contributed by atoms with van der Waals surface area (Å²) < 4.78 is 28.1. The molecule has 1 aliphatic heterocycles. The number of hydrogen-bond donors (Lipinski definition) is 2. The molecule has 3 aromatic rings. The largest absolute Gasteiger partial charge is 0.362 e. The minimum absolute atomic E-state index is 0.0633. The molecular weight excluding hydrogens is 665 g/mol. The fourth-order valence-electron chi connectivity index (χ4n) is 4.66. The zero-order chi connectivity index (χ0) is 33.3. The van der Waals surface area contributed by atoms with Crippen LogP contribution in [-0.2, 0) is 29.7 Å². The number of rotatable bonds is 12. The molecule has 2 amide bonds. The molecule has 0 radical (unpaired) electrons. The number of aryl methyl sites for hydroxylation is 1. The van der Waals surface area contributed by atoms with E-state index in [0.29, 0.717) is 17.9 Å². The predicted molar refractivity (Wildman–Crippen MR) is 179 cm³/mol. The van der Waals surface area contributed by atoms with E-state index < -0.39 is 22.5 Å². The molecule has 4 rings (SSSR count). The Hall–Kier alpha value is -2.63. The van der Waals surface area contributed by atoms with Gasteiger partial charge in [-0.25, -0.2) is 0 Å². The molecule has 0 atom stereocenters. The summed E-state index contributed by atoms with van der Waals surface area (Å²) in [6, 6.07) is 9.56. The highest BCUT2D eigenvalue weighted by molar-refractivity contribution is 7.99. The molecule has 0 saturated heterocycles. The van der Waals surface area contributed by atoms with Crippen molar-refractivity contribution in [3.05, 3.63) is 84.7 Å². The Balaban J connectivity index is 0.00000130. The first kappa shape index (κ1) is 36.8. The van der Waals surface area contributed by atoms with Gasteiger partial charge in [0.1, 0.15) is 11.3 Å². The number of alkyl halides is 3. The summed E-state index contributed by atoms with van der Waals surface area (Å²) in [5.74, 6) is -0.654. The van der Waals surface area contributed by atoms with Crippen molar-refractivity contribution in [2.45, 2.75) is 74.7 Å². The monoisotopic (exact) mass is 700 g/mol. The van der Waals surface area contributed by atoms with Crippen LogP contribution >= 0.6 is 46.6 Å². The van der Waals surface area contributed by atoms with E-state index in [1.807, 2.05) is 26.1 Å². The van der Waals surface area contributed by atoms with Crippen molar-refractivity contribution in [1.82, 2.24) is 15.2 Å². The number of carbonyl (C=O) groups is 2. The van der Waals surface area contributed by atoms with Crippen molar-refractivity contribution in [2.24, 2.45) is 0 Å². The quantitative estimate of drug-likeness (QED) is 0.113. The predicted octanol–water partition coefficient (Wildman–Crippen LogP) is 8.22. The Kier molecular flexibility index (Phi) is 13.7. The number of aromatic nitrogens is 1. The molecule has 2 aromatic carbocycles. The first-order valence-electron chi connectivity index (χ1n) is 14.7. The van der Waals surface area contributed by atoms with Gasteiger partial charge in [-0.05, 0) is 79.0 Å². The summed E-state index contributed by atoms with van der Waals surface area (Å²) >= 11 is 18.6. The van der Waals surface area contributed by atoms with E-state index in [1.54, 1.807) is 23.1 Å². The molecule has 244 valence electrons. The Morgan fingerprint density at radius 3 is 2.27 bits per heavy atom. The van der Waals surface area contributed by atoms with Gasteiger partial charge < -0.3 is 20.1 Å². The third-order valence-corrected chi connectivity index (χ3v) is 9.44.